The Morgan fingerprint density at radius 1 is 0.492 bits per heavy atom. The number of nitrogens with one attached hydrogen (secondary N) is 3. The maximum Gasteiger partial charge on any atom is 0.306 e. The smallest absolute Gasteiger partial charge is 0.306 e. The van der Waals surface area contributed by atoms with Gasteiger partial charge >= 0.3 is 11.9 Å². The van der Waals surface area contributed by atoms with Crippen LogP contribution in [0, 0.1) is 5.92 Å². The fourth-order valence-corrected chi connectivity index (χ4v) is 6.79. The summed E-state index contributed by atoms with van der Waals surface area (Å²) in [5.74, 6) is -3.60. The Morgan fingerprint density at radius 2 is 1.02 bits per heavy atom. The highest BCUT2D eigenvalue weighted by molar-refractivity contribution is 5.85. The fourth-order valence-electron chi connectivity index (χ4n) is 6.79. The number of aliphatic hydroxyl groups excluding tert-OH is 1. The van der Waals surface area contributed by atoms with Gasteiger partial charge in [-0.15, -0.1) is 0 Å². The number of carboxylic acid groups (broad SMARTS) is 2. The Morgan fingerprint density at radius 3 is 1.59 bits per heavy atom. The first-order valence-corrected chi connectivity index (χ1v) is 23.7. The summed E-state index contributed by atoms with van der Waals surface area (Å²) in [6, 6.07) is -0.368. The van der Waals surface area contributed by atoms with Gasteiger partial charge in [0.1, 0.15) is 25.6 Å². The van der Waals surface area contributed by atoms with E-state index in [1.807, 2.05) is 6.92 Å². The Kier molecular flexibility index (Phi) is 41.5. The summed E-state index contributed by atoms with van der Waals surface area (Å²) in [5, 5.41) is 35.8. The monoisotopic (exact) mass is 902 g/mol. The summed E-state index contributed by atoms with van der Waals surface area (Å²) >= 11 is 0. The quantitative estimate of drug-likeness (QED) is 0.0434. The van der Waals surface area contributed by atoms with Crippen LogP contribution in [0.4, 0.5) is 0 Å². The van der Waals surface area contributed by atoms with Crippen molar-refractivity contribution in [1.82, 2.24) is 16.0 Å². The highest BCUT2D eigenvalue weighted by Gasteiger charge is 2.22. The zero-order valence-corrected chi connectivity index (χ0v) is 38.4. The molecule has 0 saturated heterocycles. The van der Waals surface area contributed by atoms with Crippen LogP contribution in [0.3, 0.4) is 0 Å². The van der Waals surface area contributed by atoms with Crippen LogP contribution in [0.25, 0.3) is 0 Å². The van der Waals surface area contributed by atoms with E-state index in [9.17, 15) is 38.7 Å². The lowest BCUT2D eigenvalue weighted by Gasteiger charge is -2.15. The van der Waals surface area contributed by atoms with E-state index in [0.29, 0.717) is 51.8 Å². The van der Waals surface area contributed by atoms with Gasteiger partial charge < -0.3 is 50.2 Å². The second-order valence-electron chi connectivity index (χ2n) is 16.1. The molecule has 0 spiro atoms. The molecule has 0 bridgehead atoms. The van der Waals surface area contributed by atoms with Crippen molar-refractivity contribution in [1.29, 1.82) is 0 Å². The largest absolute Gasteiger partial charge is 0.481 e. The van der Waals surface area contributed by atoms with Crippen LogP contribution in [0.2, 0.25) is 0 Å². The number of carbonyl (C=O) groups excluding carboxylic acids is 5. The van der Waals surface area contributed by atoms with Crippen molar-refractivity contribution in [2.75, 3.05) is 79.1 Å². The molecule has 2 atom stereocenters. The van der Waals surface area contributed by atoms with Gasteiger partial charge in [0.05, 0.1) is 45.0 Å². The molecule has 0 radical (unpaired) electrons. The SMILES string of the molecule is CCN[C@@H](CCCCNC(=O)COCCOCCCC(=O)COCCOCCNC(=O)CC[C@H](CC(=O)CCCCCCCCCCCCCCCCC(=O)O)C(=O)O)C(=O)CO. The van der Waals surface area contributed by atoms with E-state index in [0.717, 1.165) is 51.4 Å². The normalized spacial score (nSPS) is 12.2. The molecule has 0 aromatic carbocycles. The molecule has 0 aliphatic heterocycles. The van der Waals surface area contributed by atoms with Crippen LogP contribution >= 0.6 is 0 Å². The molecule has 0 fully saturated rings. The molecular formula is C46H83N3O14. The highest BCUT2D eigenvalue weighted by atomic mass is 16.5. The van der Waals surface area contributed by atoms with Crippen LogP contribution in [-0.4, -0.2) is 142 Å². The van der Waals surface area contributed by atoms with Gasteiger partial charge in [-0.1, -0.05) is 84.0 Å². The number of carboxylic acids is 2. The van der Waals surface area contributed by atoms with E-state index in [1.165, 1.54) is 44.9 Å². The lowest BCUT2D eigenvalue weighted by molar-refractivity contribution is -0.144. The lowest BCUT2D eigenvalue weighted by atomic mass is 9.94. The van der Waals surface area contributed by atoms with Crippen LogP contribution in [-0.2, 0) is 52.5 Å². The molecule has 366 valence electrons. The second-order valence-corrected chi connectivity index (χ2v) is 16.1. The minimum absolute atomic E-state index is 0.00117. The van der Waals surface area contributed by atoms with Crippen molar-refractivity contribution >= 4 is 41.1 Å². The molecule has 17 nitrogen and oxygen atoms in total. The standard InChI is InChI=1S/C46H83N3O14/c1-2-47-41(42(53)35-50)22-17-18-26-48-44(55)37-63-33-30-60-28-19-21-40(52)36-62-32-31-61-29-27-49-43(54)25-24-38(46(58)59)34-39(51)20-15-13-11-9-7-5-3-4-6-8-10-12-14-16-23-45(56)57/h38,41,47,50H,2-37H2,1H3,(H,48,55)(H,49,54)(H,56,57)(H,58,59)/t38-,41+/m1/s1. The van der Waals surface area contributed by atoms with E-state index in [-0.39, 0.29) is 114 Å². The van der Waals surface area contributed by atoms with Gasteiger partial charge in [-0.25, -0.2) is 0 Å². The van der Waals surface area contributed by atoms with E-state index < -0.39 is 24.5 Å². The molecule has 6 N–H and O–H groups in total. The molecular weight excluding hydrogens is 819 g/mol. The first-order valence-electron chi connectivity index (χ1n) is 23.7. The molecule has 0 heterocycles. The number of hydrogen-bond acceptors (Lipinski definition) is 13. The van der Waals surface area contributed by atoms with Gasteiger partial charge in [-0.2, -0.15) is 0 Å². The first-order chi connectivity index (χ1) is 30.5. The van der Waals surface area contributed by atoms with E-state index in [2.05, 4.69) is 16.0 Å². The Bertz CT molecular complexity index is 1220. The lowest BCUT2D eigenvalue weighted by Crippen LogP contribution is -2.38. The Labute approximate surface area is 376 Å². The zero-order valence-electron chi connectivity index (χ0n) is 38.4. The third kappa shape index (κ3) is 41.1. The number of hydrogen-bond donors (Lipinski definition) is 6. The highest BCUT2D eigenvalue weighted by Crippen LogP contribution is 2.17. The molecule has 0 aliphatic carbocycles. The van der Waals surface area contributed by atoms with Gasteiger partial charge in [0, 0.05) is 51.8 Å². The topological polar surface area (TPSA) is 253 Å². The number of Topliss-reactive ketones (excluding diaryl/α,β-unsaturated/α-hetero) is 3. The van der Waals surface area contributed by atoms with Gasteiger partial charge in [-0.3, -0.25) is 33.6 Å². The molecule has 0 aromatic rings. The summed E-state index contributed by atoms with van der Waals surface area (Å²) in [4.78, 5) is 82.5. The average molecular weight is 902 g/mol. The Balaban J connectivity index is 3.67. The number of carbonyl (C=O) groups is 7. The maximum absolute atomic E-state index is 12.4. The van der Waals surface area contributed by atoms with Gasteiger partial charge in [0.2, 0.25) is 11.8 Å². The third-order valence-corrected chi connectivity index (χ3v) is 10.4. The van der Waals surface area contributed by atoms with Crippen molar-refractivity contribution in [2.45, 2.75) is 167 Å². The molecule has 0 unspecified atom stereocenters. The van der Waals surface area contributed by atoms with Crippen molar-refractivity contribution in [3.05, 3.63) is 0 Å². The first kappa shape index (κ1) is 59.6. The summed E-state index contributed by atoms with van der Waals surface area (Å²) < 4.78 is 21.5. The molecule has 63 heavy (non-hydrogen) atoms. The number of likely N-dealkylation sites (N-methyl/N-ethyl adjacent to an activating group) is 1. The maximum atomic E-state index is 12.4. The van der Waals surface area contributed by atoms with Crippen LogP contribution in [0.15, 0.2) is 0 Å². The number of unbranched alkanes of at least 4 members (excludes halogenated alkanes) is 14. The van der Waals surface area contributed by atoms with Crippen molar-refractivity contribution < 1.29 is 67.8 Å². The van der Waals surface area contributed by atoms with Crippen LogP contribution in [0.5, 0.6) is 0 Å². The number of rotatable bonds is 49. The van der Waals surface area contributed by atoms with E-state index in [4.69, 9.17) is 29.2 Å². The fraction of sp³-hybridized carbons (Fsp3) is 0.848. The molecule has 2 amide bonds. The van der Waals surface area contributed by atoms with Crippen molar-refractivity contribution in [3.63, 3.8) is 0 Å². The van der Waals surface area contributed by atoms with Gasteiger partial charge in [0.15, 0.2) is 11.6 Å². The van der Waals surface area contributed by atoms with Crippen LogP contribution < -0.4 is 16.0 Å². The number of aliphatic hydroxyl groups is 1. The predicted octanol–water partition coefficient (Wildman–Crippen LogP) is 5.11. The van der Waals surface area contributed by atoms with Crippen molar-refractivity contribution in [2.24, 2.45) is 5.92 Å². The minimum Gasteiger partial charge on any atom is -0.481 e. The molecule has 17 heteroatoms. The second kappa shape index (κ2) is 43.9. The summed E-state index contributed by atoms with van der Waals surface area (Å²) in [5.41, 5.74) is 0. The Hall–Kier alpha value is -3.35. The van der Waals surface area contributed by atoms with E-state index >= 15 is 0 Å². The van der Waals surface area contributed by atoms with Crippen LogP contribution in [0.1, 0.15) is 161 Å². The summed E-state index contributed by atoms with van der Waals surface area (Å²) in [6.07, 6.45) is 18.8. The molecule has 0 aromatic heterocycles. The molecule has 0 aliphatic rings. The summed E-state index contributed by atoms with van der Waals surface area (Å²) in [7, 11) is 0. The number of amides is 2. The van der Waals surface area contributed by atoms with Gasteiger partial charge in [0.25, 0.3) is 0 Å². The third-order valence-electron chi connectivity index (χ3n) is 10.4. The number of ketones is 3. The number of aliphatic carboxylic acids is 2. The zero-order chi connectivity index (χ0) is 46.6. The van der Waals surface area contributed by atoms with Crippen molar-refractivity contribution in [3.8, 4) is 0 Å². The average Bonchev–Trinajstić information content (AvgIpc) is 3.25. The molecule has 0 saturated carbocycles. The predicted molar refractivity (Wildman–Crippen MR) is 238 cm³/mol. The van der Waals surface area contributed by atoms with Gasteiger partial charge in [-0.05, 0) is 51.5 Å². The number of ether oxygens (including phenoxy) is 4. The van der Waals surface area contributed by atoms with E-state index in [1.54, 1.807) is 0 Å². The minimum atomic E-state index is -1.07. The molecule has 0 rings (SSSR count). The summed E-state index contributed by atoms with van der Waals surface area (Å²) in [6.45, 7) is 4.18.